The van der Waals surface area contributed by atoms with E-state index in [1.54, 1.807) is 24.3 Å². The molecular weight excluding hydrogens is 400 g/mol. The predicted molar refractivity (Wildman–Crippen MR) is 119 cm³/mol. The Bertz CT molecular complexity index is 741. The van der Waals surface area contributed by atoms with Crippen LogP contribution >= 0.6 is 0 Å². The molecule has 0 radical (unpaired) electrons. The average molecular weight is 436 g/mol. The summed E-state index contributed by atoms with van der Waals surface area (Å²) in [5.41, 5.74) is 1.72. The van der Waals surface area contributed by atoms with Gasteiger partial charge in [0.2, 0.25) is 0 Å². The Kier molecular flexibility index (Phi) is 11.5. The zero-order valence-corrected chi connectivity index (χ0v) is 18.2. The SMILES string of the molecule is OCc1cc(CCNCCCCCCOCCCC(F)(F)c2ccccc2)ccc1O. The van der Waals surface area contributed by atoms with E-state index in [-0.39, 0.29) is 24.3 Å². The molecule has 0 aliphatic carbocycles. The Balaban J connectivity index is 1.40. The smallest absolute Gasteiger partial charge is 0.273 e. The van der Waals surface area contributed by atoms with Gasteiger partial charge in [-0.15, -0.1) is 0 Å². The van der Waals surface area contributed by atoms with Crippen LogP contribution in [0.5, 0.6) is 5.75 Å². The fraction of sp³-hybridized carbons (Fsp3) is 0.520. The number of nitrogens with one attached hydrogen (secondary N) is 1. The molecular formula is C25H35F2NO3. The van der Waals surface area contributed by atoms with Gasteiger partial charge in [-0.1, -0.05) is 49.2 Å². The van der Waals surface area contributed by atoms with Gasteiger partial charge >= 0.3 is 0 Å². The number of hydrogen-bond donors (Lipinski definition) is 3. The molecule has 0 heterocycles. The summed E-state index contributed by atoms with van der Waals surface area (Å²) < 4.78 is 33.5. The van der Waals surface area contributed by atoms with Crippen LogP contribution in [0.4, 0.5) is 8.78 Å². The Hall–Kier alpha value is -2.02. The van der Waals surface area contributed by atoms with Crippen molar-refractivity contribution in [3.05, 3.63) is 65.2 Å². The van der Waals surface area contributed by atoms with Crippen LogP contribution in [0.15, 0.2) is 48.5 Å². The van der Waals surface area contributed by atoms with Gasteiger partial charge in [0.25, 0.3) is 5.92 Å². The van der Waals surface area contributed by atoms with E-state index in [1.165, 1.54) is 12.1 Å². The zero-order chi connectivity index (χ0) is 22.4. The zero-order valence-electron chi connectivity index (χ0n) is 18.2. The number of rotatable bonds is 16. The molecule has 0 saturated heterocycles. The number of phenols is 1. The third-order valence-corrected chi connectivity index (χ3v) is 5.27. The molecule has 4 nitrogen and oxygen atoms in total. The van der Waals surface area contributed by atoms with Crippen LogP contribution in [-0.2, 0) is 23.7 Å². The van der Waals surface area contributed by atoms with Gasteiger partial charge in [0.05, 0.1) is 6.61 Å². The molecule has 3 N–H and O–H groups in total. The van der Waals surface area contributed by atoms with Gasteiger partial charge in [0, 0.05) is 30.8 Å². The number of aliphatic hydroxyl groups is 1. The number of aliphatic hydroxyl groups excluding tert-OH is 1. The topological polar surface area (TPSA) is 61.7 Å². The van der Waals surface area contributed by atoms with Crippen LogP contribution in [0.3, 0.4) is 0 Å². The molecule has 2 rings (SSSR count). The van der Waals surface area contributed by atoms with Gasteiger partial charge in [0.1, 0.15) is 5.75 Å². The van der Waals surface area contributed by atoms with Crippen LogP contribution in [0.1, 0.15) is 55.2 Å². The van der Waals surface area contributed by atoms with Gasteiger partial charge in [-0.2, -0.15) is 0 Å². The largest absolute Gasteiger partial charge is 0.508 e. The maximum absolute atomic E-state index is 14.0. The molecule has 0 unspecified atom stereocenters. The van der Waals surface area contributed by atoms with Crippen molar-refractivity contribution in [3.63, 3.8) is 0 Å². The highest BCUT2D eigenvalue weighted by molar-refractivity contribution is 5.35. The number of ether oxygens (including phenoxy) is 1. The van der Waals surface area contributed by atoms with E-state index >= 15 is 0 Å². The average Bonchev–Trinajstić information content (AvgIpc) is 2.78. The van der Waals surface area contributed by atoms with E-state index in [0.717, 1.165) is 50.8 Å². The van der Waals surface area contributed by atoms with Gasteiger partial charge in [-0.25, -0.2) is 8.78 Å². The second kappa shape index (κ2) is 14.1. The first kappa shape index (κ1) is 25.2. The standard InChI is InChI=1S/C25H35F2NO3/c26-25(27,23-9-4-3-5-10-23)14-8-18-31-17-7-2-1-6-15-28-16-13-21-11-12-24(30)22(19-21)20-29/h3-5,9-12,19,28-30H,1-2,6-8,13-18,20H2. The first-order valence-electron chi connectivity index (χ1n) is 11.2. The summed E-state index contributed by atoms with van der Waals surface area (Å²) in [5.74, 6) is -2.66. The third-order valence-electron chi connectivity index (χ3n) is 5.27. The lowest BCUT2D eigenvalue weighted by Gasteiger charge is -2.16. The fourth-order valence-electron chi connectivity index (χ4n) is 3.41. The number of benzene rings is 2. The van der Waals surface area contributed by atoms with Crippen molar-refractivity contribution in [1.82, 2.24) is 5.32 Å². The molecule has 172 valence electrons. The Labute approximate surface area is 184 Å². The molecule has 31 heavy (non-hydrogen) atoms. The minimum atomic E-state index is -2.79. The van der Waals surface area contributed by atoms with Crippen molar-refractivity contribution >= 4 is 0 Å². The molecule has 0 aromatic heterocycles. The molecule has 0 bridgehead atoms. The summed E-state index contributed by atoms with van der Waals surface area (Å²) in [6.45, 7) is 2.64. The summed E-state index contributed by atoms with van der Waals surface area (Å²) in [6, 6.07) is 13.3. The van der Waals surface area contributed by atoms with E-state index in [4.69, 9.17) is 4.74 Å². The lowest BCUT2D eigenvalue weighted by Crippen LogP contribution is -2.18. The molecule has 0 spiro atoms. The Morgan fingerprint density at radius 2 is 1.61 bits per heavy atom. The van der Waals surface area contributed by atoms with Crippen molar-refractivity contribution in [3.8, 4) is 5.75 Å². The summed E-state index contributed by atoms with van der Waals surface area (Å²) in [7, 11) is 0. The lowest BCUT2D eigenvalue weighted by molar-refractivity contribution is -0.0226. The molecule has 0 aliphatic heterocycles. The van der Waals surface area contributed by atoms with Crippen molar-refractivity contribution < 1.29 is 23.7 Å². The first-order chi connectivity index (χ1) is 15.0. The maximum atomic E-state index is 14.0. The van der Waals surface area contributed by atoms with E-state index in [1.807, 2.05) is 12.1 Å². The minimum Gasteiger partial charge on any atom is -0.508 e. The summed E-state index contributed by atoms with van der Waals surface area (Å²) in [4.78, 5) is 0. The monoisotopic (exact) mass is 435 g/mol. The van der Waals surface area contributed by atoms with E-state index < -0.39 is 5.92 Å². The first-order valence-corrected chi connectivity index (χ1v) is 11.2. The minimum absolute atomic E-state index is 0.0709. The van der Waals surface area contributed by atoms with Crippen LogP contribution in [0.2, 0.25) is 0 Å². The summed E-state index contributed by atoms with van der Waals surface area (Å²) in [6.07, 6.45) is 5.23. The van der Waals surface area contributed by atoms with E-state index in [9.17, 15) is 19.0 Å². The predicted octanol–water partition coefficient (Wildman–Crippen LogP) is 5.17. The highest BCUT2D eigenvalue weighted by atomic mass is 19.3. The van der Waals surface area contributed by atoms with Gasteiger partial charge in [0.15, 0.2) is 0 Å². The van der Waals surface area contributed by atoms with Crippen molar-refractivity contribution in [2.45, 2.75) is 57.5 Å². The second-order valence-corrected chi connectivity index (χ2v) is 7.82. The normalized spacial score (nSPS) is 11.7. The van der Waals surface area contributed by atoms with Crippen molar-refractivity contribution in [1.29, 1.82) is 0 Å². The molecule has 2 aromatic carbocycles. The van der Waals surface area contributed by atoms with Gasteiger partial charge < -0.3 is 20.3 Å². The number of aromatic hydroxyl groups is 1. The molecule has 0 fully saturated rings. The molecule has 0 atom stereocenters. The van der Waals surface area contributed by atoms with Crippen molar-refractivity contribution in [2.75, 3.05) is 26.3 Å². The highest BCUT2D eigenvalue weighted by Gasteiger charge is 2.30. The second-order valence-electron chi connectivity index (χ2n) is 7.82. The summed E-state index contributed by atoms with van der Waals surface area (Å²) >= 11 is 0. The van der Waals surface area contributed by atoms with Crippen LogP contribution in [0.25, 0.3) is 0 Å². The number of hydrogen-bond acceptors (Lipinski definition) is 4. The number of unbranched alkanes of at least 4 members (excludes halogenated alkanes) is 3. The van der Waals surface area contributed by atoms with E-state index in [0.29, 0.717) is 25.2 Å². The molecule has 0 amide bonds. The molecule has 0 aliphatic rings. The van der Waals surface area contributed by atoms with Crippen LogP contribution in [0, 0.1) is 0 Å². The fourth-order valence-corrected chi connectivity index (χ4v) is 3.41. The highest BCUT2D eigenvalue weighted by Crippen LogP contribution is 2.32. The van der Waals surface area contributed by atoms with Crippen LogP contribution in [-0.4, -0.2) is 36.5 Å². The molecule has 0 saturated carbocycles. The Morgan fingerprint density at radius 3 is 2.39 bits per heavy atom. The molecule has 2 aromatic rings. The maximum Gasteiger partial charge on any atom is 0.273 e. The van der Waals surface area contributed by atoms with Gasteiger partial charge in [-0.3, -0.25) is 0 Å². The summed E-state index contributed by atoms with van der Waals surface area (Å²) in [5, 5.41) is 22.1. The van der Waals surface area contributed by atoms with Gasteiger partial charge in [-0.05, 0) is 56.5 Å². The van der Waals surface area contributed by atoms with E-state index in [2.05, 4.69) is 5.32 Å². The van der Waals surface area contributed by atoms with Crippen molar-refractivity contribution in [2.24, 2.45) is 0 Å². The number of halogens is 2. The van der Waals surface area contributed by atoms with Crippen LogP contribution < -0.4 is 5.32 Å². The Morgan fingerprint density at radius 1 is 0.871 bits per heavy atom. The molecule has 6 heteroatoms. The lowest BCUT2D eigenvalue weighted by atomic mass is 10.0. The quantitative estimate of drug-likeness (QED) is 0.319. The number of alkyl halides is 2. The third kappa shape index (κ3) is 9.76.